The van der Waals surface area contributed by atoms with Gasteiger partial charge in [-0.25, -0.2) is 0 Å². The smallest absolute Gasteiger partial charge is 0.362 e. The number of aromatic nitrogens is 1. The lowest BCUT2D eigenvalue weighted by Gasteiger charge is -2.08. The minimum absolute atomic E-state index is 0.0331. The summed E-state index contributed by atoms with van der Waals surface area (Å²) in [7, 11) is 0. The van der Waals surface area contributed by atoms with Gasteiger partial charge in [-0.15, -0.1) is 11.8 Å². The molecule has 0 radical (unpaired) electrons. The van der Waals surface area contributed by atoms with Crippen molar-refractivity contribution < 1.29 is 17.9 Å². The minimum Gasteiger partial charge on any atom is -0.362 e. The molecule has 2 nitrogen and oxygen atoms in total. The van der Waals surface area contributed by atoms with Crippen LogP contribution in [0.3, 0.4) is 0 Å². The Morgan fingerprint density at radius 2 is 1.90 bits per heavy atom. The molecule has 0 saturated carbocycles. The zero-order valence-corrected chi connectivity index (χ0v) is 11.2. The maximum atomic E-state index is 12.5. The summed E-state index contributed by atoms with van der Waals surface area (Å²) >= 11 is 1.73. The van der Waals surface area contributed by atoms with Crippen molar-refractivity contribution in [3.05, 3.63) is 53.9 Å². The maximum Gasteiger partial charge on any atom is 0.416 e. The van der Waals surface area contributed by atoms with Crippen molar-refractivity contribution in [2.75, 3.05) is 12.4 Å². The molecule has 0 aliphatic carbocycles. The van der Waals surface area contributed by atoms with Crippen molar-refractivity contribution in [1.29, 1.82) is 0 Å². The number of halogens is 3. The van der Waals surface area contributed by atoms with Crippen LogP contribution in [0.25, 0.3) is 5.69 Å². The van der Waals surface area contributed by atoms with Gasteiger partial charge in [0.05, 0.1) is 12.2 Å². The van der Waals surface area contributed by atoms with E-state index in [1.165, 1.54) is 12.1 Å². The SMILES string of the molecule is FC(F)(F)c1ccc(-n2ccc([C@@H]3OCCS3)c2)cc1. The molecule has 2 heterocycles. The van der Waals surface area contributed by atoms with Crippen molar-refractivity contribution in [2.45, 2.75) is 11.6 Å². The molecule has 106 valence electrons. The maximum absolute atomic E-state index is 12.5. The number of nitrogens with zero attached hydrogens (tertiary/aromatic N) is 1. The minimum atomic E-state index is -4.30. The Balaban J connectivity index is 1.82. The number of benzene rings is 1. The number of rotatable bonds is 2. The van der Waals surface area contributed by atoms with Crippen LogP contribution < -0.4 is 0 Å². The molecule has 6 heteroatoms. The zero-order chi connectivity index (χ0) is 14.2. The highest BCUT2D eigenvalue weighted by Gasteiger charge is 2.30. The molecule has 2 aromatic rings. The van der Waals surface area contributed by atoms with Gasteiger partial charge >= 0.3 is 6.18 Å². The van der Waals surface area contributed by atoms with Crippen molar-refractivity contribution >= 4 is 11.8 Å². The average Bonchev–Trinajstić information content (AvgIpc) is 3.09. The molecule has 0 amide bonds. The molecule has 1 aliphatic rings. The first-order chi connectivity index (χ1) is 9.54. The van der Waals surface area contributed by atoms with E-state index in [4.69, 9.17) is 4.74 Å². The van der Waals surface area contributed by atoms with Crippen LogP contribution in [-0.2, 0) is 10.9 Å². The fourth-order valence-electron chi connectivity index (χ4n) is 2.09. The second-order valence-electron chi connectivity index (χ2n) is 4.47. The van der Waals surface area contributed by atoms with Crippen molar-refractivity contribution in [1.82, 2.24) is 4.57 Å². The van der Waals surface area contributed by atoms with Crippen LogP contribution >= 0.6 is 11.8 Å². The molecule has 0 spiro atoms. The summed E-state index contributed by atoms with van der Waals surface area (Å²) in [5.41, 5.74) is 1.13. The Hall–Kier alpha value is -1.40. The van der Waals surface area contributed by atoms with Gasteiger partial charge in [0.1, 0.15) is 5.44 Å². The van der Waals surface area contributed by atoms with Gasteiger partial charge in [-0.3, -0.25) is 0 Å². The second-order valence-corrected chi connectivity index (χ2v) is 5.64. The lowest BCUT2D eigenvalue weighted by Crippen LogP contribution is -2.04. The Morgan fingerprint density at radius 3 is 2.50 bits per heavy atom. The molecule has 0 N–H and O–H groups in total. The summed E-state index contributed by atoms with van der Waals surface area (Å²) in [6.45, 7) is 0.737. The first-order valence-corrected chi connectivity index (χ1v) is 7.18. The van der Waals surface area contributed by atoms with Crippen LogP contribution in [0.15, 0.2) is 42.7 Å². The highest BCUT2D eigenvalue weighted by atomic mass is 32.2. The van der Waals surface area contributed by atoms with Crippen molar-refractivity contribution in [3.63, 3.8) is 0 Å². The third kappa shape index (κ3) is 2.71. The summed E-state index contributed by atoms with van der Waals surface area (Å²) in [5, 5.41) is 0. The molecule has 1 saturated heterocycles. The normalized spacial score (nSPS) is 19.4. The van der Waals surface area contributed by atoms with Crippen LogP contribution in [0.2, 0.25) is 0 Å². The summed E-state index contributed by atoms with van der Waals surface area (Å²) < 4.78 is 44.9. The molecule has 1 fully saturated rings. The molecule has 1 aliphatic heterocycles. The van der Waals surface area contributed by atoms with Gasteiger partial charge < -0.3 is 9.30 Å². The van der Waals surface area contributed by atoms with Gasteiger partial charge in [0, 0.05) is 29.4 Å². The summed E-state index contributed by atoms with van der Waals surface area (Å²) in [5.74, 6) is 0.968. The fourth-order valence-corrected chi connectivity index (χ4v) is 3.02. The molecular formula is C14H12F3NOS. The molecule has 0 unspecified atom stereocenters. The Labute approximate surface area is 118 Å². The number of thioether (sulfide) groups is 1. The average molecular weight is 299 g/mol. The zero-order valence-electron chi connectivity index (χ0n) is 10.4. The van der Waals surface area contributed by atoms with Crippen LogP contribution in [-0.4, -0.2) is 16.9 Å². The van der Waals surface area contributed by atoms with E-state index in [9.17, 15) is 13.2 Å². The number of hydrogen-bond acceptors (Lipinski definition) is 2. The van der Waals surface area contributed by atoms with Crippen LogP contribution in [0, 0.1) is 0 Å². The van der Waals surface area contributed by atoms with E-state index in [-0.39, 0.29) is 5.44 Å². The highest BCUT2D eigenvalue weighted by Crippen LogP contribution is 2.35. The molecule has 3 rings (SSSR count). The summed E-state index contributed by atoms with van der Waals surface area (Å²) in [6.07, 6.45) is -0.569. The van der Waals surface area contributed by atoms with Gasteiger partial charge in [-0.05, 0) is 30.3 Å². The van der Waals surface area contributed by atoms with Crippen LogP contribution in [0.4, 0.5) is 13.2 Å². The fraction of sp³-hybridized carbons (Fsp3) is 0.286. The largest absolute Gasteiger partial charge is 0.416 e. The van der Waals surface area contributed by atoms with E-state index in [1.807, 2.05) is 18.5 Å². The summed E-state index contributed by atoms with van der Waals surface area (Å²) in [6, 6.07) is 7.05. The Bertz CT molecular complexity index is 585. The quantitative estimate of drug-likeness (QED) is 0.822. The van der Waals surface area contributed by atoms with Crippen LogP contribution in [0.5, 0.6) is 0 Å². The van der Waals surface area contributed by atoms with Crippen molar-refractivity contribution in [3.8, 4) is 5.69 Å². The van der Waals surface area contributed by atoms with E-state index >= 15 is 0 Å². The first kappa shape index (κ1) is 13.6. The summed E-state index contributed by atoms with van der Waals surface area (Å²) in [4.78, 5) is 0. The van der Waals surface area contributed by atoms with Gasteiger partial charge in [0.25, 0.3) is 0 Å². The van der Waals surface area contributed by atoms with Gasteiger partial charge in [-0.2, -0.15) is 13.2 Å². The van der Waals surface area contributed by atoms with E-state index in [0.29, 0.717) is 5.69 Å². The van der Waals surface area contributed by atoms with E-state index in [2.05, 4.69) is 0 Å². The topological polar surface area (TPSA) is 14.2 Å². The predicted molar refractivity (Wildman–Crippen MR) is 71.9 cm³/mol. The Morgan fingerprint density at radius 1 is 1.15 bits per heavy atom. The second kappa shape index (κ2) is 5.18. The molecule has 1 aromatic carbocycles. The van der Waals surface area contributed by atoms with Gasteiger partial charge in [-0.1, -0.05) is 0 Å². The number of hydrogen-bond donors (Lipinski definition) is 0. The molecule has 1 atom stereocenters. The van der Waals surface area contributed by atoms with E-state index < -0.39 is 11.7 Å². The molecule has 0 bridgehead atoms. The molecule has 20 heavy (non-hydrogen) atoms. The number of ether oxygens (including phenoxy) is 1. The third-order valence-corrected chi connectivity index (χ3v) is 4.22. The lowest BCUT2D eigenvalue weighted by molar-refractivity contribution is -0.137. The first-order valence-electron chi connectivity index (χ1n) is 6.13. The predicted octanol–water partition coefficient (Wildman–Crippen LogP) is 4.26. The van der Waals surface area contributed by atoms with Crippen LogP contribution in [0.1, 0.15) is 16.6 Å². The standard InChI is InChI=1S/C14H12F3NOS/c15-14(16,17)11-1-3-12(4-2-11)18-6-5-10(9-18)13-19-7-8-20-13/h1-6,9,13H,7-8H2/t13-/m1/s1. The Kier molecular flexibility index (Phi) is 3.52. The van der Waals surface area contributed by atoms with Gasteiger partial charge in [0.15, 0.2) is 0 Å². The van der Waals surface area contributed by atoms with E-state index in [0.717, 1.165) is 30.1 Å². The third-order valence-electron chi connectivity index (χ3n) is 3.10. The van der Waals surface area contributed by atoms with E-state index in [1.54, 1.807) is 16.3 Å². The molecular weight excluding hydrogens is 287 g/mol. The highest BCUT2D eigenvalue weighted by molar-refractivity contribution is 7.99. The molecule has 1 aromatic heterocycles. The van der Waals surface area contributed by atoms with Gasteiger partial charge in [0.2, 0.25) is 0 Å². The van der Waals surface area contributed by atoms with Crippen molar-refractivity contribution in [2.24, 2.45) is 0 Å². The monoisotopic (exact) mass is 299 g/mol. The number of alkyl halides is 3. The lowest BCUT2D eigenvalue weighted by atomic mass is 10.2.